The predicted octanol–water partition coefficient (Wildman–Crippen LogP) is 7.00. The van der Waals surface area contributed by atoms with Crippen LogP contribution in [-0.4, -0.2) is 58.2 Å². The normalized spacial score (nSPS) is 25.6. The van der Waals surface area contributed by atoms with E-state index in [1.807, 2.05) is 18.2 Å². The van der Waals surface area contributed by atoms with Crippen molar-refractivity contribution in [2.75, 3.05) is 13.7 Å². The van der Waals surface area contributed by atoms with Crippen LogP contribution in [0.25, 0.3) is 0 Å². The summed E-state index contributed by atoms with van der Waals surface area (Å²) in [5, 5.41) is 10.8. The van der Waals surface area contributed by atoms with Crippen molar-refractivity contribution in [2.24, 2.45) is 17.8 Å². The van der Waals surface area contributed by atoms with Crippen LogP contribution in [0.2, 0.25) is 4.82 Å². The Balaban J connectivity index is 1.48. The van der Waals surface area contributed by atoms with E-state index >= 15 is 0 Å². The van der Waals surface area contributed by atoms with Gasteiger partial charge in [-0.3, -0.25) is 0 Å². The van der Waals surface area contributed by atoms with Crippen LogP contribution >= 0.6 is 0 Å². The van der Waals surface area contributed by atoms with E-state index in [2.05, 4.69) is 38.1 Å². The van der Waals surface area contributed by atoms with Crippen LogP contribution < -0.4 is 4.46 Å². The summed E-state index contributed by atoms with van der Waals surface area (Å²) < 4.78 is 18.7. The van der Waals surface area contributed by atoms with Gasteiger partial charge in [0.15, 0.2) is 6.29 Å². The maximum atomic E-state index is 12.4. The number of rotatable bonds is 18. The van der Waals surface area contributed by atoms with Gasteiger partial charge < -0.3 is 4.74 Å². The first-order chi connectivity index (χ1) is 19.5. The molecule has 1 aliphatic carbocycles. The summed E-state index contributed by atoms with van der Waals surface area (Å²) in [5.41, 5.74) is 0. The van der Waals surface area contributed by atoms with E-state index in [4.69, 9.17) is 14.2 Å². The Bertz CT molecular complexity index is 840. The summed E-state index contributed by atoms with van der Waals surface area (Å²) in [6, 6.07) is 10.3. The number of aliphatic hydroxyl groups excluding tert-OH is 1. The third-order valence-electron chi connectivity index (χ3n) is 8.55. The minimum Gasteiger partial charge on any atom is -0.353 e. The second kappa shape index (κ2) is 19.1. The van der Waals surface area contributed by atoms with Crippen LogP contribution in [0.5, 0.6) is 0 Å². The standard InChI is InChI=1S/C34H54O5Se/c1-4-5-14-26(2)25-28(39-33-19-12-13-24-38-33)22-20-27-21-23-31(35)30(27)17-10-7-11-18-32(34(36)37-3)40-29-15-8-6-9-16-29/h6,8-9,15-16,20,22,26-28,30-33,35H,4-5,7,10-14,17-19,21,23-25H2,1-3H3/b22-20+/t26-,27+,28+,30+,31-,32?,33?/m0/s1. The number of methoxy groups -OCH3 is 1. The van der Waals surface area contributed by atoms with Crippen LogP contribution in [0.1, 0.15) is 104 Å². The van der Waals surface area contributed by atoms with Crippen LogP contribution in [0.3, 0.4) is 0 Å². The number of hydrogen-bond donors (Lipinski definition) is 1. The number of ether oxygens (including phenoxy) is 3. The molecule has 1 heterocycles. The third kappa shape index (κ3) is 12.0. The molecule has 1 aromatic carbocycles. The van der Waals surface area contributed by atoms with Gasteiger partial charge in [0.05, 0.1) is 0 Å². The molecule has 1 N–H and O–H groups in total. The van der Waals surface area contributed by atoms with Gasteiger partial charge in [-0.05, 0) is 25.2 Å². The van der Waals surface area contributed by atoms with Crippen molar-refractivity contribution in [2.45, 2.75) is 127 Å². The molecule has 6 heteroatoms. The molecule has 1 saturated carbocycles. The van der Waals surface area contributed by atoms with Gasteiger partial charge in [-0.25, -0.2) is 0 Å². The molecule has 1 saturated heterocycles. The molecule has 7 atom stereocenters. The Hall–Kier alpha value is -1.17. The fourth-order valence-corrected chi connectivity index (χ4v) is 8.50. The minimum absolute atomic E-state index is 0.0301. The first kappa shape index (κ1) is 33.3. The quantitative estimate of drug-likeness (QED) is 0.0828. The molecule has 0 bridgehead atoms. The van der Waals surface area contributed by atoms with Crippen LogP contribution in [0.4, 0.5) is 0 Å². The second-order valence-corrected chi connectivity index (χ2v) is 14.6. The molecule has 5 nitrogen and oxygen atoms in total. The summed E-state index contributed by atoms with van der Waals surface area (Å²) in [4.78, 5) is 12.4. The van der Waals surface area contributed by atoms with E-state index in [9.17, 15) is 9.90 Å². The Morgan fingerprint density at radius 3 is 2.65 bits per heavy atom. The SMILES string of the molecule is CCCC[C@H](C)C[C@@H](/C=C/[C@@H]1CC[C@H](O)[C@@H]1CCCCCC([Se]c1ccccc1)C(=O)OC)OC1CCCCO1. The smallest absolute Gasteiger partial charge is 0.353 e. The third-order valence-corrected chi connectivity index (χ3v) is 11.2. The molecule has 0 aromatic heterocycles. The molecule has 2 aliphatic rings. The van der Waals surface area contributed by atoms with Gasteiger partial charge in [0.25, 0.3) is 0 Å². The Labute approximate surface area is 250 Å². The molecule has 40 heavy (non-hydrogen) atoms. The van der Waals surface area contributed by atoms with E-state index in [0.29, 0.717) is 17.8 Å². The summed E-state index contributed by atoms with van der Waals surface area (Å²) >= 11 is 0.0845. The Kier molecular flexibility index (Phi) is 15.9. The van der Waals surface area contributed by atoms with Crippen molar-refractivity contribution in [1.29, 1.82) is 0 Å². The van der Waals surface area contributed by atoms with Crippen molar-refractivity contribution >= 4 is 25.4 Å². The van der Waals surface area contributed by atoms with Gasteiger partial charge in [0.2, 0.25) is 0 Å². The summed E-state index contributed by atoms with van der Waals surface area (Å²) in [5.74, 6) is 1.26. The van der Waals surface area contributed by atoms with E-state index in [1.165, 1.54) is 37.3 Å². The molecule has 226 valence electrons. The van der Waals surface area contributed by atoms with Gasteiger partial charge in [0.1, 0.15) is 0 Å². The molecule has 0 radical (unpaired) electrons. The zero-order valence-corrected chi connectivity index (χ0v) is 26.9. The van der Waals surface area contributed by atoms with E-state index in [0.717, 1.165) is 70.8 Å². The summed E-state index contributed by atoms with van der Waals surface area (Å²) in [7, 11) is 1.50. The number of carbonyl (C=O) groups excluding carboxylic acids is 1. The van der Waals surface area contributed by atoms with Crippen LogP contribution in [-0.2, 0) is 19.0 Å². The number of unbranched alkanes of at least 4 members (excludes halogenated alkanes) is 3. The van der Waals surface area contributed by atoms with E-state index in [1.54, 1.807) is 0 Å². The van der Waals surface area contributed by atoms with Crippen LogP contribution in [0.15, 0.2) is 42.5 Å². The topological polar surface area (TPSA) is 65.0 Å². The molecule has 0 amide bonds. The first-order valence-corrected chi connectivity index (χ1v) is 17.8. The Morgan fingerprint density at radius 1 is 1.10 bits per heavy atom. The van der Waals surface area contributed by atoms with Gasteiger partial charge in [-0.1, -0.05) is 33.1 Å². The van der Waals surface area contributed by atoms with Crippen molar-refractivity contribution in [3.63, 3.8) is 0 Å². The predicted molar refractivity (Wildman–Crippen MR) is 164 cm³/mol. The van der Waals surface area contributed by atoms with Gasteiger partial charge in [-0.15, -0.1) is 0 Å². The van der Waals surface area contributed by atoms with Crippen molar-refractivity contribution in [3.05, 3.63) is 42.5 Å². The monoisotopic (exact) mass is 622 g/mol. The van der Waals surface area contributed by atoms with Gasteiger partial charge in [0, 0.05) is 6.61 Å². The Morgan fingerprint density at radius 2 is 1.93 bits per heavy atom. The maximum absolute atomic E-state index is 12.4. The molecule has 2 fully saturated rings. The van der Waals surface area contributed by atoms with Crippen molar-refractivity contribution in [3.8, 4) is 0 Å². The van der Waals surface area contributed by atoms with Gasteiger partial charge in [-0.2, -0.15) is 0 Å². The molecule has 0 spiro atoms. The fourth-order valence-electron chi connectivity index (χ4n) is 6.15. The molecule has 3 rings (SSSR count). The average Bonchev–Trinajstić information content (AvgIpc) is 3.33. The van der Waals surface area contributed by atoms with Crippen molar-refractivity contribution < 1.29 is 24.1 Å². The molecular formula is C34H54O5Se. The summed E-state index contributed by atoms with van der Waals surface area (Å²) in [6.45, 7) is 5.40. The summed E-state index contributed by atoms with van der Waals surface area (Å²) in [6.07, 6.45) is 19.5. The van der Waals surface area contributed by atoms with E-state index in [-0.39, 0.29) is 44.2 Å². The zero-order chi connectivity index (χ0) is 28.6. The average molecular weight is 622 g/mol. The van der Waals surface area contributed by atoms with E-state index < -0.39 is 0 Å². The molecular weight excluding hydrogens is 567 g/mol. The molecule has 2 unspecified atom stereocenters. The number of hydrogen-bond acceptors (Lipinski definition) is 5. The number of esters is 1. The van der Waals surface area contributed by atoms with Gasteiger partial charge >= 0.3 is 175 Å². The van der Waals surface area contributed by atoms with Crippen LogP contribution in [0, 0.1) is 17.8 Å². The number of aliphatic hydroxyl groups is 1. The number of allylic oxidation sites excluding steroid dienone is 1. The number of benzene rings is 1. The fraction of sp³-hybridized carbons (Fsp3) is 0.735. The zero-order valence-electron chi connectivity index (χ0n) is 25.2. The van der Waals surface area contributed by atoms with Crippen molar-refractivity contribution in [1.82, 2.24) is 0 Å². The first-order valence-electron chi connectivity index (χ1n) is 15.9. The molecule has 1 aromatic rings. The molecule has 1 aliphatic heterocycles. The second-order valence-electron chi connectivity index (χ2n) is 11.9. The number of carbonyl (C=O) groups is 1. The minimum atomic E-state index is -0.219.